The Hall–Kier alpha value is -1.82. The number of hydrogen-bond acceptors (Lipinski definition) is 4. The van der Waals surface area contributed by atoms with Gasteiger partial charge in [-0.05, 0) is 12.1 Å². The van der Waals surface area contributed by atoms with Crippen molar-refractivity contribution in [1.82, 2.24) is 15.5 Å². The minimum atomic E-state index is -0.611. The van der Waals surface area contributed by atoms with Crippen LogP contribution in [-0.4, -0.2) is 16.2 Å². The summed E-state index contributed by atoms with van der Waals surface area (Å²) in [6.07, 6.45) is -0.0484. The zero-order valence-corrected chi connectivity index (χ0v) is 10.8. The average Bonchev–Trinajstić information content (AvgIpc) is 2.79. The number of nitrogens with one attached hydrogen (secondary N) is 1. The van der Waals surface area contributed by atoms with Crippen molar-refractivity contribution in [1.29, 1.82) is 0 Å². The smallest absolute Gasteiger partial charge is 0.230 e. The van der Waals surface area contributed by atoms with E-state index in [4.69, 9.17) is 4.42 Å². The molecule has 0 atom stereocenters. The summed E-state index contributed by atoms with van der Waals surface area (Å²) >= 11 is 0. The number of nitrogens with zero attached hydrogens (tertiary/aromatic N) is 2. The molecule has 0 aliphatic carbocycles. The van der Waals surface area contributed by atoms with Gasteiger partial charge in [0.1, 0.15) is 11.6 Å². The molecule has 0 aliphatic heterocycles. The van der Waals surface area contributed by atoms with Gasteiger partial charge in [-0.3, -0.25) is 0 Å². The van der Waals surface area contributed by atoms with Crippen LogP contribution in [0.2, 0.25) is 0 Å². The molecule has 102 valence electrons. The van der Waals surface area contributed by atoms with Gasteiger partial charge in [-0.2, -0.15) is 0 Å². The summed E-state index contributed by atoms with van der Waals surface area (Å²) in [4.78, 5) is 0. The molecule has 0 spiro atoms. The third kappa shape index (κ3) is 3.57. The van der Waals surface area contributed by atoms with Gasteiger partial charge in [-0.25, -0.2) is 8.78 Å². The molecule has 19 heavy (non-hydrogen) atoms. The lowest BCUT2D eigenvalue weighted by Crippen LogP contribution is -2.21. The van der Waals surface area contributed by atoms with Gasteiger partial charge < -0.3 is 9.73 Å². The molecule has 0 radical (unpaired) electrons. The van der Waals surface area contributed by atoms with E-state index in [2.05, 4.69) is 15.5 Å². The maximum absolute atomic E-state index is 13.5. The monoisotopic (exact) mass is 267 g/mol. The van der Waals surface area contributed by atoms with Gasteiger partial charge in [-0.1, -0.05) is 19.9 Å². The molecule has 1 N–H and O–H groups in total. The topological polar surface area (TPSA) is 51.0 Å². The van der Waals surface area contributed by atoms with E-state index >= 15 is 0 Å². The van der Waals surface area contributed by atoms with Gasteiger partial charge in [-0.15, -0.1) is 10.2 Å². The second-order valence-corrected chi connectivity index (χ2v) is 4.50. The van der Waals surface area contributed by atoms with E-state index in [1.165, 1.54) is 18.2 Å². The molecule has 0 saturated heterocycles. The SMILES string of the molecule is CC(C)NCc1nnc(Cc2c(F)cccc2F)o1. The van der Waals surface area contributed by atoms with Crippen LogP contribution in [0.15, 0.2) is 22.6 Å². The van der Waals surface area contributed by atoms with Crippen molar-refractivity contribution in [2.45, 2.75) is 32.9 Å². The zero-order valence-electron chi connectivity index (χ0n) is 10.8. The normalized spacial score (nSPS) is 11.2. The van der Waals surface area contributed by atoms with Gasteiger partial charge in [0.05, 0.1) is 13.0 Å². The Morgan fingerprint density at radius 2 is 1.79 bits per heavy atom. The molecule has 4 nitrogen and oxygen atoms in total. The second kappa shape index (κ2) is 5.88. The zero-order chi connectivity index (χ0) is 13.8. The molecule has 2 aromatic rings. The lowest BCUT2D eigenvalue weighted by Gasteiger charge is -2.03. The highest BCUT2D eigenvalue weighted by Crippen LogP contribution is 2.16. The van der Waals surface area contributed by atoms with E-state index in [-0.39, 0.29) is 17.9 Å². The van der Waals surface area contributed by atoms with Gasteiger partial charge in [0.15, 0.2) is 0 Å². The second-order valence-electron chi connectivity index (χ2n) is 4.50. The highest BCUT2D eigenvalue weighted by Gasteiger charge is 2.13. The van der Waals surface area contributed by atoms with E-state index in [0.29, 0.717) is 18.5 Å². The fraction of sp³-hybridized carbons (Fsp3) is 0.385. The number of aromatic nitrogens is 2. The summed E-state index contributed by atoms with van der Waals surface area (Å²) in [5, 5.41) is 10.7. The largest absolute Gasteiger partial charge is 0.424 e. The highest BCUT2D eigenvalue weighted by molar-refractivity contribution is 5.22. The summed E-state index contributed by atoms with van der Waals surface area (Å²) in [6.45, 7) is 4.42. The van der Waals surface area contributed by atoms with E-state index in [1.54, 1.807) is 0 Å². The molecule has 0 aliphatic rings. The minimum absolute atomic E-state index is 0.0484. The van der Waals surface area contributed by atoms with Crippen LogP contribution < -0.4 is 5.32 Å². The first-order valence-electron chi connectivity index (χ1n) is 6.04. The van der Waals surface area contributed by atoms with Crippen molar-refractivity contribution in [3.63, 3.8) is 0 Å². The fourth-order valence-electron chi connectivity index (χ4n) is 1.58. The standard InChI is InChI=1S/C13H15F2N3O/c1-8(2)16-7-13-18-17-12(19-13)6-9-10(14)4-3-5-11(9)15/h3-5,8,16H,6-7H2,1-2H3. The molecular weight excluding hydrogens is 252 g/mol. The third-order valence-electron chi connectivity index (χ3n) is 2.56. The molecule has 0 saturated carbocycles. The summed E-state index contributed by atoms with van der Waals surface area (Å²) in [6, 6.07) is 4.02. The average molecular weight is 267 g/mol. The number of rotatable bonds is 5. The Bertz CT molecular complexity index is 534. The Morgan fingerprint density at radius 3 is 2.42 bits per heavy atom. The maximum atomic E-state index is 13.5. The van der Waals surface area contributed by atoms with E-state index in [9.17, 15) is 8.78 Å². The van der Waals surface area contributed by atoms with E-state index < -0.39 is 11.6 Å². The van der Waals surface area contributed by atoms with Crippen molar-refractivity contribution in [2.75, 3.05) is 0 Å². The van der Waals surface area contributed by atoms with Crippen LogP contribution >= 0.6 is 0 Å². The molecule has 0 fully saturated rings. The van der Waals surface area contributed by atoms with Crippen molar-refractivity contribution in [2.24, 2.45) is 0 Å². The Balaban J connectivity index is 2.07. The Labute approximate surface area is 109 Å². The molecule has 2 rings (SSSR count). The first-order valence-corrected chi connectivity index (χ1v) is 6.04. The number of benzene rings is 1. The fourth-order valence-corrected chi connectivity index (χ4v) is 1.58. The van der Waals surface area contributed by atoms with E-state index in [1.807, 2.05) is 13.8 Å². The molecule has 1 aromatic heterocycles. The molecular formula is C13H15F2N3O. The summed E-state index contributed by atoms with van der Waals surface area (Å²) in [5.41, 5.74) is -0.0606. The quantitative estimate of drug-likeness (QED) is 0.904. The molecule has 0 bridgehead atoms. The van der Waals surface area contributed by atoms with Crippen molar-refractivity contribution in [3.8, 4) is 0 Å². The van der Waals surface area contributed by atoms with Crippen LogP contribution in [-0.2, 0) is 13.0 Å². The summed E-state index contributed by atoms with van der Waals surface area (Å²) in [7, 11) is 0. The molecule has 1 aromatic carbocycles. The van der Waals surface area contributed by atoms with Crippen molar-refractivity contribution >= 4 is 0 Å². The predicted molar refractivity (Wildman–Crippen MR) is 65.4 cm³/mol. The highest BCUT2D eigenvalue weighted by atomic mass is 19.1. The summed E-state index contributed by atoms with van der Waals surface area (Å²) < 4.78 is 32.2. The number of halogens is 2. The molecule has 1 heterocycles. The summed E-state index contributed by atoms with van der Waals surface area (Å²) in [5.74, 6) is -0.620. The van der Waals surface area contributed by atoms with Crippen molar-refractivity contribution in [3.05, 3.63) is 47.2 Å². The predicted octanol–water partition coefficient (Wildman–Crippen LogP) is 2.44. The van der Waals surface area contributed by atoms with Crippen LogP contribution in [0, 0.1) is 11.6 Å². The lowest BCUT2D eigenvalue weighted by atomic mass is 10.1. The molecule has 6 heteroatoms. The Kier molecular flexibility index (Phi) is 4.21. The Morgan fingerprint density at radius 1 is 1.16 bits per heavy atom. The van der Waals surface area contributed by atoms with Gasteiger partial charge >= 0.3 is 0 Å². The minimum Gasteiger partial charge on any atom is -0.424 e. The van der Waals surface area contributed by atoms with Crippen LogP contribution in [0.5, 0.6) is 0 Å². The number of hydrogen-bond donors (Lipinski definition) is 1. The van der Waals surface area contributed by atoms with Gasteiger partial charge in [0.25, 0.3) is 0 Å². The first kappa shape index (κ1) is 13.6. The van der Waals surface area contributed by atoms with E-state index in [0.717, 1.165) is 0 Å². The van der Waals surface area contributed by atoms with Crippen molar-refractivity contribution < 1.29 is 13.2 Å². The lowest BCUT2D eigenvalue weighted by molar-refractivity contribution is 0.423. The maximum Gasteiger partial charge on any atom is 0.230 e. The van der Waals surface area contributed by atoms with Crippen LogP contribution in [0.25, 0.3) is 0 Å². The van der Waals surface area contributed by atoms with Gasteiger partial charge in [0, 0.05) is 11.6 Å². The first-order chi connectivity index (χ1) is 9.06. The van der Waals surface area contributed by atoms with Crippen LogP contribution in [0.3, 0.4) is 0 Å². The molecule has 0 amide bonds. The third-order valence-corrected chi connectivity index (χ3v) is 2.56. The van der Waals surface area contributed by atoms with Crippen LogP contribution in [0.4, 0.5) is 8.78 Å². The van der Waals surface area contributed by atoms with Gasteiger partial charge in [0.2, 0.25) is 11.8 Å². The molecule has 0 unspecified atom stereocenters. The van der Waals surface area contributed by atoms with Crippen LogP contribution in [0.1, 0.15) is 31.2 Å².